The molecule has 0 bridgehead atoms. The molecule has 0 aliphatic heterocycles. The number of para-hydroxylation sites is 1. The molecule has 0 heterocycles. The number of hydrogen-bond donors (Lipinski definition) is 1. The largest absolute Gasteiger partial charge is 0.484 e. The lowest BCUT2D eigenvalue weighted by molar-refractivity contribution is -0.142. The van der Waals surface area contributed by atoms with E-state index in [0.29, 0.717) is 12.2 Å². The average Bonchev–Trinajstić information content (AvgIpc) is 2.82. The van der Waals surface area contributed by atoms with E-state index in [1.54, 1.807) is 25.2 Å². The first-order chi connectivity index (χ1) is 15.5. The van der Waals surface area contributed by atoms with Gasteiger partial charge in [-0.15, -0.1) is 0 Å². The minimum absolute atomic E-state index is 0.154. The van der Waals surface area contributed by atoms with E-state index in [0.717, 1.165) is 16.7 Å². The van der Waals surface area contributed by atoms with Crippen molar-refractivity contribution in [3.05, 3.63) is 101 Å². The highest BCUT2D eigenvalue weighted by Gasteiger charge is 2.30. The summed E-state index contributed by atoms with van der Waals surface area (Å²) in [7, 11) is 1.55. The van der Waals surface area contributed by atoms with Crippen LogP contribution in [0.3, 0.4) is 0 Å². The Morgan fingerprint density at radius 1 is 0.938 bits per heavy atom. The highest BCUT2D eigenvalue weighted by Crippen LogP contribution is 2.18. The monoisotopic (exact) mass is 434 g/mol. The van der Waals surface area contributed by atoms with E-state index in [-0.39, 0.29) is 30.8 Å². The smallest absolute Gasteiger partial charge is 0.261 e. The molecule has 2 amide bonds. The zero-order valence-corrected chi connectivity index (χ0v) is 18.3. The van der Waals surface area contributed by atoms with Gasteiger partial charge in [0, 0.05) is 20.0 Å². The van der Waals surface area contributed by atoms with Gasteiger partial charge in [0.2, 0.25) is 5.91 Å². The molecule has 0 unspecified atom stereocenters. The summed E-state index contributed by atoms with van der Waals surface area (Å²) in [5.41, 5.74) is 2.56. The van der Waals surface area contributed by atoms with E-state index in [4.69, 9.17) is 4.74 Å². The molecule has 0 fully saturated rings. The molecule has 0 aromatic heterocycles. The lowest BCUT2D eigenvalue weighted by atomic mass is 10.0. The van der Waals surface area contributed by atoms with Gasteiger partial charge in [-0.2, -0.15) is 0 Å². The summed E-state index contributed by atoms with van der Waals surface area (Å²) in [6, 6.07) is 22.1. The summed E-state index contributed by atoms with van der Waals surface area (Å²) >= 11 is 0. The van der Waals surface area contributed by atoms with Crippen molar-refractivity contribution in [3.63, 3.8) is 0 Å². The van der Waals surface area contributed by atoms with Crippen LogP contribution in [0.1, 0.15) is 16.7 Å². The van der Waals surface area contributed by atoms with Crippen molar-refractivity contribution in [2.24, 2.45) is 0 Å². The van der Waals surface area contributed by atoms with Crippen LogP contribution in [0.2, 0.25) is 0 Å². The van der Waals surface area contributed by atoms with Crippen molar-refractivity contribution in [2.45, 2.75) is 25.9 Å². The zero-order chi connectivity index (χ0) is 22.9. The first kappa shape index (κ1) is 23.0. The molecule has 6 heteroatoms. The molecule has 166 valence electrons. The lowest BCUT2D eigenvalue weighted by Gasteiger charge is -2.31. The van der Waals surface area contributed by atoms with Crippen LogP contribution in [0.25, 0.3) is 0 Å². The number of likely N-dealkylation sites (N-methyl/N-ethyl adjacent to an activating group) is 1. The number of carbonyl (C=O) groups excluding carboxylic acids is 2. The summed E-state index contributed by atoms with van der Waals surface area (Å²) in [5.74, 6) is -0.355. The van der Waals surface area contributed by atoms with Crippen LogP contribution in [0, 0.1) is 12.7 Å². The minimum Gasteiger partial charge on any atom is -0.484 e. The zero-order valence-electron chi connectivity index (χ0n) is 18.3. The van der Waals surface area contributed by atoms with Crippen LogP contribution in [0.4, 0.5) is 4.39 Å². The molecule has 3 aromatic rings. The average molecular weight is 435 g/mol. The Hall–Kier alpha value is -3.67. The second-order valence-corrected chi connectivity index (χ2v) is 7.52. The van der Waals surface area contributed by atoms with Gasteiger partial charge in [-0.1, -0.05) is 60.7 Å². The highest BCUT2D eigenvalue weighted by molar-refractivity contribution is 5.88. The molecule has 1 N–H and O–H groups in total. The fourth-order valence-corrected chi connectivity index (χ4v) is 3.45. The molecule has 0 saturated heterocycles. The quantitative estimate of drug-likeness (QED) is 0.556. The van der Waals surface area contributed by atoms with Gasteiger partial charge < -0.3 is 15.0 Å². The van der Waals surface area contributed by atoms with Gasteiger partial charge in [-0.3, -0.25) is 9.59 Å². The Balaban J connectivity index is 1.87. The predicted octanol–water partition coefficient (Wildman–Crippen LogP) is 3.90. The number of amides is 2. The topological polar surface area (TPSA) is 58.6 Å². The minimum atomic E-state index is -0.750. The van der Waals surface area contributed by atoms with Crippen LogP contribution in [-0.4, -0.2) is 36.4 Å². The Labute approximate surface area is 187 Å². The third-order valence-corrected chi connectivity index (χ3v) is 5.23. The second kappa shape index (κ2) is 11.1. The fourth-order valence-electron chi connectivity index (χ4n) is 3.45. The number of halogens is 1. The maximum atomic E-state index is 13.4. The summed E-state index contributed by atoms with van der Waals surface area (Å²) in [6.45, 7) is 1.84. The maximum Gasteiger partial charge on any atom is 0.261 e. The van der Waals surface area contributed by atoms with E-state index in [1.165, 1.54) is 17.0 Å². The molecule has 32 heavy (non-hydrogen) atoms. The molecule has 3 rings (SSSR count). The first-order valence-electron chi connectivity index (χ1n) is 10.5. The van der Waals surface area contributed by atoms with E-state index >= 15 is 0 Å². The van der Waals surface area contributed by atoms with Crippen LogP contribution >= 0.6 is 0 Å². The number of nitrogens with zero attached hydrogens (tertiary/aromatic N) is 1. The molecule has 3 aromatic carbocycles. The number of benzene rings is 3. The number of hydrogen-bond acceptors (Lipinski definition) is 3. The van der Waals surface area contributed by atoms with Gasteiger partial charge in [0.1, 0.15) is 17.6 Å². The molecule has 5 nitrogen and oxygen atoms in total. The van der Waals surface area contributed by atoms with Crippen molar-refractivity contribution in [1.29, 1.82) is 0 Å². The normalized spacial score (nSPS) is 11.5. The van der Waals surface area contributed by atoms with E-state index < -0.39 is 6.04 Å². The SMILES string of the molecule is CNC(=O)[C@H](Cc1ccccc1)N(Cc1ccc(F)cc1)C(=O)COc1ccccc1C. The molecular formula is C26H27FN2O3. The first-order valence-corrected chi connectivity index (χ1v) is 10.5. The molecule has 0 radical (unpaired) electrons. The van der Waals surface area contributed by atoms with Crippen LogP contribution in [0.15, 0.2) is 78.9 Å². The summed E-state index contributed by atoms with van der Waals surface area (Å²) in [6.07, 6.45) is 0.345. The van der Waals surface area contributed by atoms with Crippen LogP contribution in [0.5, 0.6) is 5.75 Å². The van der Waals surface area contributed by atoms with Gasteiger partial charge in [-0.05, 0) is 41.8 Å². The van der Waals surface area contributed by atoms with Crippen molar-refractivity contribution in [3.8, 4) is 5.75 Å². The third kappa shape index (κ3) is 6.17. The van der Waals surface area contributed by atoms with Crippen molar-refractivity contribution < 1.29 is 18.7 Å². The second-order valence-electron chi connectivity index (χ2n) is 7.52. The highest BCUT2D eigenvalue weighted by atomic mass is 19.1. The van der Waals surface area contributed by atoms with Gasteiger partial charge in [0.05, 0.1) is 0 Å². The Morgan fingerprint density at radius 3 is 2.25 bits per heavy atom. The molecule has 0 spiro atoms. The van der Waals surface area contributed by atoms with Gasteiger partial charge in [0.25, 0.3) is 5.91 Å². The van der Waals surface area contributed by atoms with Crippen molar-refractivity contribution in [2.75, 3.05) is 13.7 Å². The molecule has 1 atom stereocenters. The summed E-state index contributed by atoms with van der Waals surface area (Å²) in [5, 5.41) is 2.66. The van der Waals surface area contributed by atoms with Crippen molar-refractivity contribution >= 4 is 11.8 Å². The number of ether oxygens (including phenoxy) is 1. The van der Waals surface area contributed by atoms with Crippen molar-refractivity contribution in [1.82, 2.24) is 10.2 Å². The van der Waals surface area contributed by atoms with E-state index in [1.807, 2.05) is 55.5 Å². The van der Waals surface area contributed by atoms with E-state index in [2.05, 4.69) is 5.32 Å². The Kier molecular flexibility index (Phi) is 7.97. The maximum absolute atomic E-state index is 13.4. The van der Waals surface area contributed by atoms with Gasteiger partial charge in [-0.25, -0.2) is 4.39 Å². The van der Waals surface area contributed by atoms with Crippen LogP contribution < -0.4 is 10.1 Å². The molecule has 0 aliphatic carbocycles. The fraction of sp³-hybridized carbons (Fsp3) is 0.231. The van der Waals surface area contributed by atoms with Gasteiger partial charge in [0.15, 0.2) is 6.61 Å². The predicted molar refractivity (Wildman–Crippen MR) is 122 cm³/mol. The number of rotatable bonds is 9. The third-order valence-electron chi connectivity index (χ3n) is 5.23. The number of aryl methyl sites for hydroxylation is 1. The van der Waals surface area contributed by atoms with Crippen LogP contribution in [-0.2, 0) is 22.6 Å². The number of nitrogens with one attached hydrogen (secondary N) is 1. The standard InChI is InChI=1S/C26H27FN2O3/c1-19-8-6-7-11-24(19)32-18-25(30)29(17-21-12-14-22(27)15-13-21)23(26(31)28-2)16-20-9-4-3-5-10-20/h3-15,23H,16-18H2,1-2H3,(H,28,31)/t23-/m0/s1. The summed E-state index contributed by atoms with van der Waals surface area (Å²) < 4.78 is 19.2. The Bertz CT molecular complexity index is 1040. The number of carbonyl (C=O) groups is 2. The lowest BCUT2D eigenvalue weighted by Crippen LogP contribution is -2.51. The summed E-state index contributed by atoms with van der Waals surface area (Å²) in [4.78, 5) is 27.6. The van der Waals surface area contributed by atoms with E-state index in [9.17, 15) is 14.0 Å². The molecular weight excluding hydrogens is 407 g/mol. The Morgan fingerprint density at radius 2 is 1.59 bits per heavy atom. The molecule has 0 aliphatic rings. The molecule has 0 saturated carbocycles. The van der Waals surface area contributed by atoms with Gasteiger partial charge >= 0.3 is 0 Å².